The maximum atomic E-state index is 11.7. The van der Waals surface area contributed by atoms with Crippen molar-refractivity contribution in [3.8, 4) is 11.5 Å². The fraction of sp³-hybridized carbons (Fsp3) is 0.421. The molecule has 0 aromatic heterocycles. The van der Waals surface area contributed by atoms with Crippen molar-refractivity contribution in [2.24, 2.45) is 0 Å². The van der Waals surface area contributed by atoms with E-state index < -0.39 is 11.9 Å². The molecule has 0 spiro atoms. The summed E-state index contributed by atoms with van der Waals surface area (Å²) in [6, 6.07) is 5.58. The molecule has 0 unspecified atom stereocenters. The first-order valence-electron chi connectivity index (χ1n) is 8.73. The zero-order chi connectivity index (χ0) is 20.1. The maximum absolute atomic E-state index is 11.7. The molecule has 27 heavy (non-hydrogen) atoms. The van der Waals surface area contributed by atoms with E-state index in [-0.39, 0.29) is 11.7 Å². The summed E-state index contributed by atoms with van der Waals surface area (Å²) < 4.78 is 15.7. The number of carbonyl (C=O) groups excluding carboxylic acids is 2. The highest BCUT2D eigenvalue weighted by Gasteiger charge is 2.07. The van der Waals surface area contributed by atoms with Crippen molar-refractivity contribution in [1.29, 1.82) is 0 Å². The highest BCUT2D eigenvalue weighted by atomic mass is 32.1. The van der Waals surface area contributed by atoms with Gasteiger partial charge in [-0.2, -0.15) is 0 Å². The van der Waals surface area contributed by atoms with E-state index in [1.54, 1.807) is 14.0 Å². The topological polar surface area (TPSA) is 85.9 Å². The molecule has 0 saturated carbocycles. The Bertz CT molecular complexity index is 676. The number of hydrogen-bond donors (Lipinski definition) is 2. The minimum Gasteiger partial charge on any atom is -0.493 e. The molecule has 0 aliphatic rings. The van der Waals surface area contributed by atoms with Crippen LogP contribution >= 0.6 is 12.2 Å². The predicted octanol–water partition coefficient (Wildman–Crippen LogP) is 2.48. The number of unbranched alkanes of at least 4 members (excludes halogenated alkanes) is 1. The van der Waals surface area contributed by atoms with Crippen LogP contribution in [0.4, 0.5) is 0 Å². The summed E-state index contributed by atoms with van der Waals surface area (Å²) in [6.45, 7) is 5.07. The van der Waals surface area contributed by atoms with Crippen LogP contribution in [0.2, 0.25) is 0 Å². The lowest BCUT2D eigenvalue weighted by Crippen LogP contribution is -2.38. The molecule has 1 aromatic carbocycles. The maximum Gasteiger partial charge on any atom is 0.330 e. The summed E-state index contributed by atoms with van der Waals surface area (Å²) in [7, 11) is 1.58. The first kappa shape index (κ1) is 22.4. The van der Waals surface area contributed by atoms with Gasteiger partial charge in [-0.1, -0.05) is 19.4 Å². The fourth-order valence-electron chi connectivity index (χ4n) is 1.98. The number of rotatable bonds is 10. The monoisotopic (exact) mass is 394 g/mol. The number of amides is 1. The molecule has 0 radical (unpaired) electrons. The number of ether oxygens (including phenoxy) is 3. The first-order valence-corrected chi connectivity index (χ1v) is 9.14. The van der Waals surface area contributed by atoms with Crippen molar-refractivity contribution in [3.05, 3.63) is 35.9 Å². The van der Waals surface area contributed by atoms with Gasteiger partial charge in [0.05, 0.1) is 20.3 Å². The van der Waals surface area contributed by atoms with Crippen LogP contribution < -0.4 is 20.1 Å². The van der Waals surface area contributed by atoms with Gasteiger partial charge in [-0.05, 0) is 43.3 Å². The third kappa shape index (κ3) is 9.05. The summed E-state index contributed by atoms with van der Waals surface area (Å²) in [5, 5.41) is 5.52. The minimum atomic E-state index is -0.583. The Morgan fingerprint density at radius 1 is 1.19 bits per heavy atom. The summed E-state index contributed by atoms with van der Waals surface area (Å²) >= 11 is 5.07. The molecule has 0 fully saturated rings. The Morgan fingerprint density at radius 3 is 2.63 bits per heavy atom. The highest BCUT2D eigenvalue weighted by molar-refractivity contribution is 7.80. The minimum absolute atomic E-state index is 0.149. The molecule has 0 heterocycles. The van der Waals surface area contributed by atoms with Crippen LogP contribution in [0.25, 0.3) is 0 Å². The largest absolute Gasteiger partial charge is 0.493 e. The van der Waals surface area contributed by atoms with Gasteiger partial charge in [-0.3, -0.25) is 10.1 Å². The van der Waals surface area contributed by atoms with Crippen molar-refractivity contribution < 1.29 is 23.8 Å². The van der Waals surface area contributed by atoms with Gasteiger partial charge >= 0.3 is 5.97 Å². The lowest BCUT2D eigenvalue weighted by Gasteiger charge is -2.13. The molecule has 1 aromatic rings. The molecular formula is C19H26N2O5S. The molecule has 0 saturated heterocycles. The summed E-state index contributed by atoms with van der Waals surface area (Å²) in [5.41, 5.74) is 0.911. The van der Waals surface area contributed by atoms with Gasteiger partial charge in [0.25, 0.3) is 0 Å². The van der Waals surface area contributed by atoms with Crippen LogP contribution in [0.3, 0.4) is 0 Å². The van der Waals surface area contributed by atoms with Gasteiger partial charge in [0, 0.05) is 18.7 Å². The van der Waals surface area contributed by atoms with Crippen LogP contribution in [0.1, 0.15) is 32.3 Å². The standard InChI is InChI=1S/C19H26N2O5S/c1-4-6-11-26-15-8-7-14(12-16(15)24-3)13-20-19(27)21-17(22)9-10-18(23)25-5-2/h7-10,12H,4-6,11,13H2,1-3H3,(H2,20,21,22,27)/b10-9+. The number of hydrogen-bond acceptors (Lipinski definition) is 6. The second-order valence-corrected chi connectivity index (χ2v) is 5.85. The van der Waals surface area contributed by atoms with E-state index in [9.17, 15) is 9.59 Å². The van der Waals surface area contributed by atoms with Crippen molar-refractivity contribution in [3.63, 3.8) is 0 Å². The number of nitrogens with one attached hydrogen (secondary N) is 2. The average molecular weight is 394 g/mol. The van der Waals surface area contributed by atoms with E-state index in [0.29, 0.717) is 24.7 Å². The van der Waals surface area contributed by atoms with Crippen molar-refractivity contribution in [2.45, 2.75) is 33.2 Å². The van der Waals surface area contributed by atoms with Crippen LogP contribution in [-0.2, 0) is 20.9 Å². The second kappa shape index (κ2) is 12.7. The molecule has 148 valence electrons. The van der Waals surface area contributed by atoms with Gasteiger partial charge in [-0.25, -0.2) is 4.79 Å². The van der Waals surface area contributed by atoms with E-state index in [1.165, 1.54) is 0 Å². The summed E-state index contributed by atoms with van der Waals surface area (Å²) in [4.78, 5) is 22.8. The summed E-state index contributed by atoms with van der Waals surface area (Å²) in [6.07, 6.45) is 4.15. The van der Waals surface area contributed by atoms with Crippen molar-refractivity contribution in [2.75, 3.05) is 20.3 Å². The Labute approximate surface area is 165 Å². The van der Waals surface area contributed by atoms with Gasteiger partial charge in [-0.15, -0.1) is 0 Å². The Kier molecular flexibility index (Phi) is 10.5. The molecule has 1 rings (SSSR count). The summed E-state index contributed by atoms with van der Waals surface area (Å²) in [5.74, 6) is 0.227. The Morgan fingerprint density at radius 2 is 1.96 bits per heavy atom. The van der Waals surface area contributed by atoms with Crippen LogP contribution in [0.5, 0.6) is 11.5 Å². The molecule has 0 aliphatic heterocycles. The van der Waals surface area contributed by atoms with Gasteiger partial charge < -0.3 is 19.5 Å². The van der Waals surface area contributed by atoms with E-state index in [1.807, 2.05) is 18.2 Å². The van der Waals surface area contributed by atoms with Crippen LogP contribution in [-0.4, -0.2) is 37.3 Å². The first-order chi connectivity index (χ1) is 13.0. The van der Waals surface area contributed by atoms with E-state index >= 15 is 0 Å². The van der Waals surface area contributed by atoms with E-state index in [0.717, 1.165) is 30.6 Å². The molecule has 8 heteroatoms. The zero-order valence-electron chi connectivity index (χ0n) is 15.9. The van der Waals surface area contributed by atoms with Crippen molar-refractivity contribution >= 4 is 29.2 Å². The third-order valence-corrected chi connectivity index (χ3v) is 3.58. The normalized spacial score (nSPS) is 10.3. The third-order valence-electron chi connectivity index (χ3n) is 3.33. The van der Waals surface area contributed by atoms with Gasteiger partial charge in [0.15, 0.2) is 16.6 Å². The molecule has 1 amide bonds. The molecule has 0 bridgehead atoms. The molecule has 0 atom stereocenters. The van der Waals surface area contributed by atoms with Crippen LogP contribution in [0, 0.1) is 0 Å². The molecule has 7 nitrogen and oxygen atoms in total. The second-order valence-electron chi connectivity index (χ2n) is 5.44. The number of thiocarbonyl (C=S) groups is 1. The zero-order valence-corrected chi connectivity index (χ0v) is 16.7. The van der Waals surface area contributed by atoms with Gasteiger partial charge in [0.2, 0.25) is 5.91 Å². The average Bonchev–Trinajstić information content (AvgIpc) is 2.65. The fourth-order valence-corrected chi connectivity index (χ4v) is 2.15. The SMILES string of the molecule is CCCCOc1ccc(CNC(=S)NC(=O)/C=C/C(=O)OCC)cc1OC. The number of benzene rings is 1. The smallest absolute Gasteiger partial charge is 0.330 e. The lowest BCUT2D eigenvalue weighted by atomic mass is 10.2. The Hall–Kier alpha value is -2.61. The lowest BCUT2D eigenvalue weighted by molar-refractivity contribution is -0.137. The molecule has 2 N–H and O–H groups in total. The number of methoxy groups -OCH3 is 1. The number of carbonyl (C=O) groups is 2. The molecule has 0 aliphatic carbocycles. The van der Waals surface area contributed by atoms with Gasteiger partial charge in [0.1, 0.15) is 0 Å². The van der Waals surface area contributed by atoms with Crippen molar-refractivity contribution in [1.82, 2.24) is 10.6 Å². The highest BCUT2D eigenvalue weighted by Crippen LogP contribution is 2.28. The molecular weight excluding hydrogens is 368 g/mol. The quantitative estimate of drug-likeness (QED) is 0.273. The van der Waals surface area contributed by atoms with E-state index in [4.69, 9.17) is 21.7 Å². The number of esters is 1. The van der Waals surface area contributed by atoms with E-state index in [2.05, 4.69) is 22.3 Å². The Balaban J connectivity index is 2.51. The predicted molar refractivity (Wildman–Crippen MR) is 107 cm³/mol. The van der Waals surface area contributed by atoms with Crippen LogP contribution in [0.15, 0.2) is 30.4 Å².